The van der Waals surface area contributed by atoms with Crippen LogP contribution in [0.25, 0.3) is 10.9 Å². The molecule has 0 spiro atoms. The molecule has 1 unspecified atom stereocenters. The lowest BCUT2D eigenvalue weighted by Crippen LogP contribution is -2.31. The minimum atomic E-state index is -0.520. The van der Waals surface area contributed by atoms with E-state index in [-0.39, 0.29) is 5.82 Å². The quantitative estimate of drug-likeness (QED) is 0.746. The lowest BCUT2D eigenvalue weighted by molar-refractivity contribution is 0.153. The molecule has 1 aromatic heterocycles. The number of benzene rings is 2. The van der Waals surface area contributed by atoms with Crippen LogP contribution in [-0.4, -0.2) is 27.7 Å². The van der Waals surface area contributed by atoms with E-state index in [4.69, 9.17) is 0 Å². The predicted molar refractivity (Wildman–Crippen MR) is 102 cm³/mol. The molecule has 3 aromatic rings. The Hall–Kier alpha value is -2.17. The summed E-state index contributed by atoms with van der Waals surface area (Å²) in [5, 5.41) is 11.7. The number of para-hydroxylation sites is 1. The average Bonchev–Trinajstić information content (AvgIpc) is 2.95. The van der Waals surface area contributed by atoms with Crippen molar-refractivity contribution in [2.75, 3.05) is 13.1 Å². The topological polar surface area (TPSA) is 28.4 Å². The van der Waals surface area contributed by atoms with Crippen molar-refractivity contribution in [2.24, 2.45) is 7.05 Å². The van der Waals surface area contributed by atoms with Crippen LogP contribution in [-0.2, 0) is 20.0 Å². The summed E-state index contributed by atoms with van der Waals surface area (Å²) in [6.45, 7) is 3.01. The summed E-state index contributed by atoms with van der Waals surface area (Å²) < 4.78 is 15.3. The number of aliphatic hydroxyl groups excluding tert-OH is 1. The smallest absolute Gasteiger partial charge is 0.123 e. The Morgan fingerprint density at radius 1 is 1.12 bits per heavy atom. The first kappa shape index (κ1) is 17.3. The summed E-state index contributed by atoms with van der Waals surface area (Å²) in [7, 11) is 2.16. The third kappa shape index (κ3) is 3.27. The van der Waals surface area contributed by atoms with Crippen LogP contribution in [0.4, 0.5) is 4.39 Å². The van der Waals surface area contributed by atoms with Crippen LogP contribution < -0.4 is 0 Å². The highest BCUT2D eigenvalue weighted by molar-refractivity contribution is 5.85. The summed E-state index contributed by atoms with van der Waals surface area (Å²) in [6, 6.07) is 14.8. The van der Waals surface area contributed by atoms with Crippen LogP contribution in [0.5, 0.6) is 0 Å². The van der Waals surface area contributed by atoms with Crippen molar-refractivity contribution in [1.29, 1.82) is 0 Å². The van der Waals surface area contributed by atoms with Gasteiger partial charge in [0.2, 0.25) is 0 Å². The second kappa shape index (κ2) is 7.22. The van der Waals surface area contributed by atoms with Crippen molar-refractivity contribution in [1.82, 2.24) is 9.47 Å². The minimum absolute atomic E-state index is 0.264. The first-order chi connectivity index (χ1) is 12.6. The number of fused-ring (bicyclic) bond motifs is 3. The van der Waals surface area contributed by atoms with Crippen molar-refractivity contribution in [3.8, 4) is 0 Å². The van der Waals surface area contributed by atoms with E-state index in [1.165, 1.54) is 34.3 Å². The number of halogens is 1. The summed E-state index contributed by atoms with van der Waals surface area (Å²) in [5.41, 5.74) is 5.01. The van der Waals surface area contributed by atoms with Gasteiger partial charge < -0.3 is 9.67 Å². The fourth-order valence-corrected chi connectivity index (χ4v) is 4.14. The van der Waals surface area contributed by atoms with Crippen LogP contribution in [0, 0.1) is 5.82 Å². The number of hydrogen-bond donors (Lipinski definition) is 1. The summed E-state index contributed by atoms with van der Waals surface area (Å²) in [4.78, 5) is 2.48. The van der Waals surface area contributed by atoms with Crippen LogP contribution in [0.2, 0.25) is 0 Å². The number of rotatable bonds is 5. The molecule has 4 rings (SSSR count). The van der Waals surface area contributed by atoms with Gasteiger partial charge in [0, 0.05) is 43.2 Å². The van der Waals surface area contributed by atoms with Crippen LogP contribution in [0.15, 0.2) is 48.5 Å². The zero-order valence-corrected chi connectivity index (χ0v) is 15.2. The van der Waals surface area contributed by atoms with Gasteiger partial charge in [0.1, 0.15) is 5.82 Å². The highest BCUT2D eigenvalue weighted by atomic mass is 19.1. The van der Waals surface area contributed by atoms with Gasteiger partial charge in [0.15, 0.2) is 0 Å². The molecule has 0 saturated heterocycles. The van der Waals surface area contributed by atoms with Gasteiger partial charge in [0.05, 0.1) is 6.10 Å². The predicted octanol–water partition coefficient (Wildman–Crippen LogP) is 4.19. The first-order valence-corrected chi connectivity index (χ1v) is 9.34. The van der Waals surface area contributed by atoms with E-state index in [0.29, 0.717) is 6.42 Å². The molecular formula is C22H25FN2O. The molecule has 4 heteroatoms. The van der Waals surface area contributed by atoms with E-state index in [2.05, 4.69) is 40.8 Å². The van der Waals surface area contributed by atoms with Crippen LogP contribution >= 0.6 is 0 Å². The van der Waals surface area contributed by atoms with Gasteiger partial charge in [-0.15, -0.1) is 0 Å². The molecule has 1 aliphatic heterocycles. The number of aryl methyl sites for hydroxylation is 1. The third-order valence-electron chi connectivity index (χ3n) is 5.60. The molecule has 0 amide bonds. The SMILES string of the molecule is Cn1c2c(c3ccccc31)CN(CCCC(O)c1ccc(F)cc1)CC2. The number of hydrogen-bond acceptors (Lipinski definition) is 2. The van der Waals surface area contributed by atoms with E-state index in [0.717, 1.165) is 38.0 Å². The van der Waals surface area contributed by atoms with E-state index >= 15 is 0 Å². The Morgan fingerprint density at radius 3 is 2.69 bits per heavy atom. The molecule has 1 N–H and O–H groups in total. The van der Waals surface area contributed by atoms with E-state index < -0.39 is 6.10 Å². The van der Waals surface area contributed by atoms with Crippen molar-refractivity contribution < 1.29 is 9.50 Å². The molecular weight excluding hydrogens is 327 g/mol. The maximum Gasteiger partial charge on any atom is 0.123 e. The Balaban J connectivity index is 1.37. The monoisotopic (exact) mass is 352 g/mol. The van der Waals surface area contributed by atoms with Gasteiger partial charge in [-0.05, 0) is 48.7 Å². The molecule has 0 radical (unpaired) electrons. The fraction of sp³-hybridized carbons (Fsp3) is 0.364. The molecule has 0 bridgehead atoms. The Kier molecular flexibility index (Phi) is 4.79. The molecule has 2 aromatic carbocycles. The van der Waals surface area contributed by atoms with Crippen molar-refractivity contribution in [3.05, 3.63) is 71.2 Å². The lowest BCUT2D eigenvalue weighted by atomic mass is 10.0. The highest BCUT2D eigenvalue weighted by Gasteiger charge is 2.22. The van der Waals surface area contributed by atoms with E-state index in [1.807, 2.05) is 0 Å². The molecule has 1 atom stereocenters. The van der Waals surface area contributed by atoms with Gasteiger partial charge in [0.25, 0.3) is 0 Å². The van der Waals surface area contributed by atoms with Crippen molar-refractivity contribution in [3.63, 3.8) is 0 Å². The van der Waals surface area contributed by atoms with E-state index in [1.54, 1.807) is 12.1 Å². The molecule has 1 aliphatic rings. The molecule has 2 heterocycles. The van der Waals surface area contributed by atoms with Crippen LogP contribution in [0.1, 0.15) is 35.8 Å². The third-order valence-corrected chi connectivity index (χ3v) is 5.60. The van der Waals surface area contributed by atoms with Gasteiger partial charge in [-0.25, -0.2) is 4.39 Å². The zero-order chi connectivity index (χ0) is 18.1. The Labute approximate surface area is 153 Å². The fourth-order valence-electron chi connectivity index (χ4n) is 4.14. The molecule has 26 heavy (non-hydrogen) atoms. The van der Waals surface area contributed by atoms with Gasteiger partial charge in [-0.2, -0.15) is 0 Å². The van der Waals surface area contributed by atoms with E-state index in [9.17, 15) is 9.50 Å². The zero-order valence-electron chi connectivity index (χ0n) is 15.2. The molecule has 0 saturated carbocycles. The second-order valence-corrected chi connectivity index (χ2v) is 7.24. The number of aliphatic hydroxyl groups is 1. The number of nitrogens with zero attached hydrogens (tertiary/aromatic N) is 2. The van der Waals surface area contributed by atoms with Crippen molar-refractivity contribution in [2.45, 2.75) is 31.9 Å². The molecule has 0 fully saturated rings. The minimum Gasteiger partial charge on any atom is -0.388 e. The maximum atomic E-state index is 13.0. The summed E-state index contributed by atoms with van der Waals surface area (Å²) in [6.07, 6.45) is 2.18. The maximum absolute atomic E-state index is 13.0. The Bertz CT molecular complexity index is 900. The molecule has 0 aliphatic carbocycles. The highest BCUT2D eigenvalue weighted by Crippen LogP contribution is 2.30. The largest absolute Gasteiger partial charge is 0.388 e. The molecule has 3 nitrogen and oxygen atoms in total. The standard InChI is InChI=1S/C22H25FN2O/c1-24-20-6-3-2-5-18(20)19-15-25(14-12-21(19)24)13-4-7-22(26)16-8-10-17(23)11-9-16/h2-3,5-6,8-11,22,26H,4,7,12-15H2,1H3. The Morgan fingerprint density at radius 2 is 1.88 bits per heavy atom. The first-order valence-electron chi connectivity index (χ1n) is 9.34. The van der Waals surface area contributed by atoms with Gasteiger partial charge in [-0.3, -0.25) is 4.90 Å². The van der Waals surface area contributed by atoms with Gasteiger partial charge >= 0.3 is 0 Å². The lowest BCUT2D eigenvalue weighted by Gasteiger charge is -2.28. The van der Waals surface area contributed by atoms with Gasteiger partial charge in [-0.1, -0.05) is 30.3 Å². The normalized spacial score (nSPS) is 16.0. The average molecular weight is 352 g/mol. The van der Waals surface area contributed by atoms with Crippen LogP contribution in [0.3, 0.4) is 0 Å². The second-order valence-electron chi connectivity index (χ2n) is 7.24. The molecule has 136 valence electrons. The van der Waals surface area contributed by atoms with Crippen molar-refractivity contribution >= 4 is 10.9 Å². The number of aromatic nitrogens is 1. The summed E-state index contributed by atoms with van der Waals surface area (Å²) >= 11 is 0. The summed E-state index contributed by atoms with van der Waals surface area (Å²) in [5.74, 6) is -0.264.